The highest BCUT2D eigenvalue weighted by molar-refractivity contribution is 7.89. The lowest BCUT2D eigenvalue weighted by Gasteiger charge is -2.39. The predicted molar refractivity (Wildman–Crippen MR) is 142 cm³/mol. The van der Waals surface area contributed by atoms with Gasteiger partial charge in [-0.15, -0.1) is 10.2 Å². The molecule has 2 fully saturated rings. The molecule has 2 aromatic carbocycles. The van der Waals surface area contributed by atoms with Crippen LogP contribution in [0, 0.1) is 0 Å². The Bertz CT molecular complexity index is 1300. The molecular weight excluding hydrogens is 486 g/mol. The highest BCUT2D eigenvalue weighted by atomic mass is 32.2. The largest absolute Gasteiger partial charge is 0.358 e. The SMILES string of the molecule is CNC(=O)C1(c2ccc(CN3[C@@H](C)CCC(c4ccccc4)S3(=O)=O)cc2)CCC(n2cnnc2)CC1. The summed E-state index contributed by atoms with van der Waals surface area (Å²) in [6.07, 6.45) is 8.11. The van der Waals surface area contributed by atoms with Gasteiger partial charge in [0.25, 0.3) is 0 Å². The number of likely N-dealkylation sites (N-methyl/N-ethyl adjacent to an activating group) is 1. The molecule has 1 amide bonds. The van der Waals surface area contributed by atoms with E-state index in [4.69, 9.17) is 0 Å². The van der Waals surface area contributed by atoms with Crippen molar-refractivity contribution < 1.29 is 13.2 Å². The number of nitrogens with one attached hydrogen (secondary N) is 1. The van der Waals surface area contributed by atoms with Gasteiger partial charge in [0.15, 0.2) is 0 Å². The van der Waals surface area contributed by atoms with Crippen LogP contribution < -0.4 is 5.32 Å². The molecule has 2 atom stereocenters. The lowest BCUT2D eigenvalue weighted by molar-refractivity contribution is -0.127. The Morgan fingerprint density at radius 1 is 0.973 bits per heavy atom. The van der Waals surface area contributed by atoms with Crippen LogP contribution in [0.1, 0.15) is 73.4 Å². The second-order valence-corrected chi connectivity index (χ2v) is 12.5. The summed E-state index contributed by atoms with van der Waals surface area (Å²) in [5.41, 5.74) is 2.16. The van der Waals surface area contributed by atoms with Gasteiger partial charge in [-0.05, 0) is 62.1 Å². The number of aromatic nitrogens is 3. The van der Waals surface area contributed by atoms with Crippen molar-refractivity contribution in [2.24, 2.45) is 0 Å². The van der Waals surface area contributed by atoms with Crippen molar-refractivity contribution in [3.63, 3.8) is 0 Å². The third kappa shape index (κ3) is 4.82. The van der Waals surface area contributed by atoms with E-state index in [-0.39, 0.29) is 18.0 Å². The molecule has 0 spiro atoms. The van der Waals surface area contributed by atoms with Gasteiger partial charge in [-0.25, -0.2) is 8.42 Å². The zero-order valence-electron chi connectivity index (χ0n) is 21.5. The smallest absolute Gasteiger partial charge is 0.230 e. The van der Waals surface area contributed by atoms with Crippen LogP contribution in [0.25, 0.3) is 0 Å². The maximum Gasteiger partial charge on any atom is 0.230 e. The maximum atomic E-state index is 13.6. The molecule has 8 nitrogen and oxygen atoms in total. The Hall–Kier alpha value is -3.04. The van der Waals surface area contributed by atoms with E-state index < -0.39 is 20.7 Å². The molecule has 1 aromatic heterocycles. The maximum absolute atomic E-state index is 13.6. The minimum Gasteiger partial charge on any atom is -0.358 e. The molecule has 1 saturated carbocycles. The van der Waals surface area contributed by atoms with Crippen molar-refractivity contribution in [2.75, 3.05) is 7.05 Å². The number of carbonyl (C=O) groups is 1. The van der Waals surface area contributed by atoms with Crippen molar-refractivity contribution in [3.05, 3.63) is 83.9 Å². The Labute approximate surface area is 219 Å². The molecule has 37 heavy (non-hydrogen) atoms. The van der Waals surface area contributed by atoms with E-state index in [2.05, 4.69) is 15.5 Å². The van der Waals surface area contributed by atoms with Crippen LogP contribution in [0.4, 0.5) is 0 Å². The summed E-state index contributed by atoms with van der Waals surface area (Å²) in [6, 6.07) is 17.7. The van der Waals surface area contributed by atoms with Crippen LogP contribution in [-0.2, 0) is 26.8 Å². The van der Waals surface area contributed by atoms with E-state index in [9.17, 15) is 13.2 Å². The average Bonchev–Trinajstić information content (AvgIpc) is 3.46. The van der Waals surface area contributed by atoms with Crippen molar-refractivity contribution >= 4 is 15.9 Å². The van der Waals surface area contributed by atoms with Gasteiger partial charge < -0.3 is 9.88 Å². The lowest BCUT2D eigenvalue weighted by atomic mass is 9.67. The third-order valence-electron chi connectivity index (χ3n) is 8.37. The molecule has 1 saturated heterocycles. The molecule has 1 unspecified atom stereocenters. The number of sulfonamides is 1. The number of hydrogen-bond acceptors (Lipinski definition) is 5. The number of rotatable bonds is 6. The van der Waals surface area contributed by atoms with Crippen molar-refractivity contribution in [1.29, 1.82) is 0 Å². The highest BCUT2D eigenvalue weighted by Crippen LogP contribution is 2.44. The van der Waals surface area contributed by atoms with Gasteiger partial charge in [-0.3, -0.25) is 4.79 Å². The number of nitrogens with zero attached hydrogens (tertiary/aromatic N) is 4. The molecule has 1 aliphatic heterocycles. The minimum atomic E-state index is -3.50. The molecule has 0 bridgehead atoms. The Morgan fingerprint density at radius 3 is 2.24 bits per heavy atom. The molecule has 9 heteroatoms. The second-order valence-electron chi connectivity index (χ2n) is 10.4. The number of benzene rings is 2. The molecule has 1 aliphatic carbocycles. The minimum absolute atomic E-state index is 0.0281. The molecule has 2 heterocycles. The van der Waals surface area contributed by atoms with E-state index in [0.717, 1.165) is 48.8 Å². The fourth-order valence-electron chi connectivity index (χ4n) is 6.14. The quantitative estimate of drug-likeness (QED) is 0.526. The first kappa shape index (κ1) is 25.6. The van der Waals surface area contributed by atoms with Crippen molar-refractivity contribution in [3.8, 4) is 0 Å². The zero-order chi connectivity index (χ0) is 26.0. The number of hydrogen-bond donors (Lipinski definition) is 1. The Kier molecular flexibility index (Phi) is 7.18. The van der Waals surface area contributed by atoms with E-state index in [0.29, 0.717) is 13.0 Å². The summed E-state index contributed by atoms with van der Waals surface area (Å²) >= 11 is 0. The van der Waals surface area contributed by atoms with E-state index in [1.165, 1.54) is 0 Å². The first-order valence-corrected chi connectivity index (χ1v) is 14.6. The van der Waals surface area contributed by atoms with Crippen molar-refractivity contribution in [1.82, 2.24) is 24.4 Å². The molecule has 196 valence electrons. The van der Waals surface area contributed by atoms with E-state index in [1.807, 2.05) is 66.1 Å². The van der Waals surface area contributed by atoms with Crippen LogP contribution in [0.15, 0.2) is 67.3 Å². The predicted octanol–water partition coefficient (Wildman–Crippen LogP) is 4.13. The molecular formula is C28H35N5O3S. The van der Waals surface area contributed by atoms with Gasteiger partial charge in [-0.1, -0.05) is 54.6 Å². The summed E-state index contributed by atoms with van der Waals surface area (Å²) in [5, 5.41) is 10.2. The number of amides is 1. The van der Waals surface area contributed by atoms with Crippen molar-refractivity contribution in [2.45, 2.75) is 74.7 Å². The normalized spacial score (nSPS) is 28.0. The monoisotopic (exact) mass is 521 g/mol. The van der Waals surface area contributed by atoms with Gasteiger partial charge in [0.1, 0.15) is 17.9 Å². The summed E-state index contributed by atoms with van der Waals surface area (Å²) < 4.78 is 30.9. The molecule has 0 radical (unpaired) electrons. The summed E-state index contributed by atoms with van der Waals surface area (Å²) in [5.74, 6) is 0.0281. The molecule has 5 rings (SSSR count). The Morgan fingerprint density at radius 2 is 1.62 bits per heavy atom. The first-order valence-electron chi connectivity index (χ1n) is 13.1. The van der Waals surface area contributed by atoms with Crippen LogP contribution in [0.5, 0.6) is 0 Å². The first-order chi connectivity index (χ1) is 17.8. The van der Waals surface area contributed by atoms with E-state index >= 15 is 0 Å². The summed E-state index contributed by atoms with van der Waals surface area (Å²) in [4.78, 5) is 13.2. The van der Waals surface area contributed by atoms with Gasteiger partial charge in [0.2, 0.25) is 15.9 Å². The lowest BCUT2D eigenvalue weighted by Crippen LogP contribution is -2.46. The number of carbonyl (C=O) groups excluding carboxylic acids is 1. The van der Waals surface area contributed by atoms with Gasteiger partial charge in [-0.2, -0.15) is 4.31 Å². The molecule has 1 N–H and O–H groups in total. The van der Waals surface area contributed by atoms with Crippen LogP contribution >= 0.6 is 0 Å². The average molecular weight is 522 g/mol. The van der Waals surface area contributed by atoms with Gasteiger partial charge in [0.05, 0.1) is 5.41 Å². The fourth-order valence-corrected chi connectivity index (χ4v) is 8.34. The van der Waals surface area contributed by atoms with Crippen LogP contribution in [0.3, 0.4) is 0 Å². The summed E-state index contributed by atoms with van der Waals surface area (Å²) in [6.45, 7) is 2.32. The van der Waals surface area contributed by atoms with Gasteiger partial charge in [0, 0.05) is 25.7 Å². The highest BCUT2D eigenvalue weighted by Gasteiger charge is 2.44. The standard InChI is InChI=1S/C28H35N5O3S/c1-21-8-13-26(23-6-4-3-5-7-23)37(35,36)33(21)18-22-9-11-24(12-10-22)28(27(34)29-2)16-14-25(15-17-28)32-19-30-31-20-32/h3-7,9-12,19-21,25-26H,8,13-18H2,1-2H3,(H,29,34)/t21-,25?,26?,28?/m0/s1. The molecule has 2 aliphatic rings. The van der Waals surface area contributed by atoms with Gasteiger partial charge >= 0.3 is 0 Å². The second kappa shape index (κ2) is 10.4. The fraction of sp³-hybridized carbons (Fsp3) is 0.464. The summed E-state index contributed by atoms with van der Waals surface area (Å²) in [7, 11) is -1.81. The van der Waals surface area contributed by atoms with Crippen LogP contribution in [0.2, 0.25) is 0 Å². The van der Waals surface area contributed by atoms with Crippen LogP contribution in [-0.4, -0.2) is 46.5 Å². The molecule has 3 aromatic rings. The zero-order valence-corrected chi connectivity index (χ0v) is 22.3. The topological polar surface area (TPSA) is 97.2 Å². The van der Waals surface area contributed by atoms with E-state index in [1.54, 1.807) is 24.0 Å². The Balaban J connectivity index is 1.35. The third-order valence-corrected chi connectivity index (χ3v) is 10.7.